The molecule has 0 aliphatic heterocycles. The number of nitrogens with one attached hydrogen (secondary N) is 2. The Bertz CT molecular complexity index is 955. The van der Waals surface area contributed by atoms with E-state index in [2.05, 4.69) is 10.6 Å². The van der Waals surface area contributed by atoms with Crippen molar-refractivity contribution in [3.8, 4) is 0 Å². The highest BCUT2D eigenvalue weighted by atomic mass is 32.2. The molecule has 2 rings (SSSR count). The van der Waals surface area contributed by atoms with E-state index < -0.39 is 14.8 Å². The van der Waals surface area contributed by atoms with Gasteiger partial charge >= 0.3 is 0 Å². The zero-order valence-corrected chi connectivity index (χ0v) is 16.0. The van der Waals surface area contributed by atoms with E-state index in [1.54, 1.807) is 24.3 Å². The topological polar surface area (TPSA) is 118 Å². The Balaban J connectivity index is 2.27. The maximum atomic E-state index is 12.1. The van der Waals surface area contributed by atoms with Crippen LogP contribution in [0.4, 0.5) is 17.1 Å². The van der Waals surface area contributed by atoms with Gasteiger partial charge in [-0.25, -0.2) is 8.42 Å². The third-order valence-electron chi connectivity index (χ3n) is 3.99. The Morgan fingerprint density at radius 2 is 1.81 bits per heavy atom. The molecule has 2 aromatic carbocycles. The van der Waals surface area contributed by atoms with Gasteiger partial charge in [-0.05, 0) is 43.7 Å². The van der Waals surface area contributed by atoms with Gasteiger partial charge in [-0.15, -0.1) is 0 Å². The summed E-state index contributed by atoms with van der Waals surface area (Å²) < 4.78 is 24.0. The van der Waals surface area contributed by atoms with E-state index in [1.807, 2.05) is 13.8 Å². The van der Waals surface area contributed by atoms with Gasteiger partial charge in [-0.1, -0.05) is 6.92 Å². The van der Waals surface area contributed by atoms with Gasteiger partial charge < -0.3 is 10.6 Å². The molecule has 0 saturated heterocycles. The largest absolute Gasteiger partial charge is 0.354 e. The van der Waals surface area contributed by atoms with Crippen molar-refractivity contribution in [3.05, 3.63) is 58.1 Å². The summed E-state index contributed by atoms with van der Waals surface area (Å²) in [4.78, 5) is 22.2. The number of sulfone groups is 1. The number of nitro groups is 1. The second-order valence-corrected chi connectivity index (χ2v) is 8.18. The molecule has 144 valence electrons. The zero-order chi connectivity index (χ0) is 20.2. The van der Waals surface area contributed by atoms with Crippen molar-refractivity contribution < 1.29 is 18.1 Å². The summed E-state index contributed by atoms with van der Waals surface area (Å²) in [6.07, 6.45) is 1.80. The monoisotopic (exact) mass is 391 g/mol. The normalized spacial score (nSPS) is 12.3. The number of carbonyl (C=O) groups is 1. The molecule has 1 atom stereocenters. The molecule has 0 aromatic heterocycles. The number of anilines is 2. The number of amides is 1. The van der Waals surface area contributed by atoms with E-state index in [0.717, 1.165) is 18.7 Å². The summed E-state index contributed by atoms with van der Waals surface area (Å²) in [6.45, 7) is 3.89. The van der Waals surface area contributed by atoms with E-state index in [-0.39, 0.29) is 28.2 Å². The molecule has 0 spiro atoms. The minimum Gasteiger partial charge on any atom is -0.354 e. The minimum absolute atomic E-state index is 0.0627. The lowest BCUT2D eigenvalue weighted by molar-refractivity contribution is -0.385. The Morgan fingerprint density at radius 1 is 1.19 bits per heavy atom. The average Bonchev–Trinajstić information content (AvgIpc) is 2.61. The third-order valence-corrected chi connectivity index (χ3v) is 5.13. The second kappa shape index (κ2) is 8.17. The maximum absolute atomic E-state index is 12.1. The molecule has 0 radical (unpaired) electrons. The molecular weight excluding hydrogens is 370 g/mol. The highest BCUT2D eigenvalue weighted by Crippen LogP contribution is 2.29. The van der Waals surface area contributed by atoms with E-state index in [1.165, 1.54) is 12.1 Å². The predicted molar refractivity (Wildman–Crippen MR) is 103 cm³/mol. The minimum atomic E-state index is -3.68. The van der Waals surface area contributed by atoms with Gasteiger partial charge in [-0.2, -0.15) is 0 Å². The molecule has 0 aliphatic carbocycles. The summed E-state index contributed by atoms with van der Waals surface area (Å²) in [6, 6.07) is 10.2. The fraction of sp³-hybridized carbons (Fsp3) is 0.278. The summed E-state index contributed by atoms with van der Waals surface area (Å²) >= 11 is 0. The van der Waals surface area contributed by atoms with Gasteiger partial charge in [0, 0.05) is 35.7 Å². The van der Waals surface area contributed by atoms with Crippen LogP contribution in [0, 0.1) is 10.1 Å². The molecule has 27 heavy (non-hydrogen) atoms. The Morgan fingerprint density at radius 3 is 2.33 bits per heavy atom. The Kier molecular flexibility index (Phi) is 6.17. The van der Waals surface area contributed by atoms with Crippen LogP contribution < -0.4 is 10.6 Å². The Hall–Kier alpha value is -2.94. The molecule has 2 N–H and O–H groups in total. The van der Waals surface area contributed by atoms with Crippen LogP contribution in [0.25, 0.3) is 0 Å². The van der Waals surface area contributed by atoms with Gasteiger partial charge in [0.25, 0.3) is 11.6 Å². The summed E-state index contributed by atoms with van der Waals surface area (Å²) in [5, 5.41) is 16.7. The fourth-order valence-electron chi connectivity index (χ4n) is 2.30. The van der Waals surface area contributed by atoms with Crippen molar-refractivity contribution in [2.24, 2.45) is 0 Å². The van der Waals surface area contributed by atoms with Gasteiger partial charge in [0.15, 0.2) is 9.84 Å². The molecule has 0 heterocycles. The summed E-state index contributed by atoms with van der Waals surface area (Å²) in [5.41, 5.74) is 0.944. The van der Waals surface area contributed by atoms with Crippen molar-refractivity contribution in [1.29, 1.82) is 0 Å². The smallest absolute Gasteiger partial charge is 0.270 e. The fourth-order valence-corrected chi connectivity index (χ4v) is 3.16. The predicted octanol–water partition coefficient (Wildman–Crippen LogP) is 3.27. The van der Waals surface area contributed by atoms with Crippen molar-refractivity contribution in [1.82, 2.24) is 5.32 Å². The number of non-ortho nitro benzene ring substituents is 1. The number of nitrogens with zero attached hydrogens (tertiary/aromatic N) is 1. The highest BCUT2D eigenvalue weighted by molar-refractivity contribution is 7.90. The first-order valence-corrected chi connectivity index (χ1v) is 10.2. The molecule has 0 fully saturated rings. The van der Waals surface area contributed by atoms with Crippen molar-refractivity contribution in [3.63, 3.8) is 0 Å². The Labute approximate surface area is 157 Å². The van der Waals surface area contributed by atoms with Crippen LogP contribution in [0.2, 0.25) is 0 Å². The first-order valence-electron chi connectivity index (χ1n) is 8.28. The van der Waals surface area contributed by atoms with Crippen molar-refractivity contribution in [2.75, 3.05) is 11.6 Å². The van der Waals surface area contributed by atoms with Gasteiger partial charge in [0.1, 0.15) is 0 Å². The summed E-state index contributed by atoms with van der Waals surface area (Å²) in [5.74, 6) is -0.192. The molecule has 9 heteroatoms. The van der Waals surface area contributed by atoms with Crippen LogP contribution in [0.1, 0.15) is 30.6 Å². The third kappa shape index (κ3) is 5.27. The molecule has 0 saturated carbocycles. The first-order chi connectivity index (χ1) is 12.6. The molecule has 0 aliphatic rings. The van der Waals surface area contributed by atoms with Crippen LogP contribution in [0.5, 0.6) is 0 Å². The molecule has 0 bridgehead atoms. The van der Waals surface area contributed by atoms with Crippen LogP contribution >= 0.6 is 0 Å². The number of nitro benzene ring substituents is 1. The van der Waals surface area contributed by atoms with Gasteiger partial charge in [0.05, 0.1) is 15.5 Å². The molecule has 2 aromatic rings. The van der Waals surface area contributed by atoms with E-state index in [9.17, 15) is 23.3 Å². The molecular formula is C18H21N3O5S. The molecule has 8 nitrogen and oxygen atoms in total. The SMILES string of the molecule is CCC(C)NC(=O)c1ccc(Nc2ccc([N+](=O)[O-])cc2S(C)(=O)=O)cc1. The van der Waals surface area contributed by atoms with E-state index in [0.29, 0.717) is 11.3 Å². The van der Waals surface area contributed by atoms with Gasteiger partial charge in [0.2, 0.25) is 0 Å². The van der Waals surface area contributed by atoms with E-state index in [4.69, 9.17) is 0 Å². The van der Waals surface area contributed by atoms with E-state index >= 15 is 0 Å². The van der Waals surface area contributed by atoms with Crippen LogP contribution in [0.3, 0.4) is 0 Å². The maximum Gasteiger partial charge on any atom is 0.270 e. The molecule has 1 amide bonds. The van der Waals surface area contributed by atoms with Gasteiger partial charge in [-0.3, -0.25) is 14.9 Å². The number of carbonyl (C=O) groups excluding carboxylic acids is 1. The van der Waals surface area contributed by atoms with Crippen molar-refractivity contribution in [2.45, 2.75) is 31.2 Å². The van der Waals surface area contributed by atoms with Crippen LogP contribution in [0.15, 0.2) is 47.4 Å². The lowest BCUT2D eigenvalue weighted by Gasteiger charge is -2.13. The molecule has 1 unspecified atom stereocenters. The van der Waals surface area contributed by atoms with Crippen LogP contribution in [-0.4, -0.2) is 31.5 Å². The number of hydrogen-bond donors (Lipinski definition) is 2. The first kappa shape index (κ1) is 20.4. The highest BCUT2D eigenvalue weighted by Gasteiger charge is 2.18. The van der Waals surface area contributed by atoms with Crippen molar-refractivity contribution >= 4 is 32.8 Å². The lowest BCUT2D eigenvalue weighted by Crippen LogP contribution is -2.31. The number of benzene rings is 2. The average molecular weight is 391 g/mol. The zero-order valence-electron chi connectivity index (χ0n) is 15.2. The van der Waals surface area contributed by atoms with Crippen LogP contribution in [-0.2, 0) is 9.84 Å². The standard InChI is InChI=1S/C18H21N3O5S/c1-4-12(2)19-18(22)13-5-7-14(8-6-13)20-16-10-9-15(21(23)24)11-17(16)27(3,25)26/h5-12,20H,4H2,1-3H3,(H,19,22). The quantitative estimate of drug-likeness (QED) is 0.552. The number of hydrogen-bond acceptors (Lipinski definition) is 6. The lowest BCUT2D eigenvalue weighted by atomic mass is 10.1. The summed E-state index contributed by atoms with van der Waals surface area (Å²) in [7, 11) is -3.68. The second-order valence-electron chi connectivity index (χ2n) is 6.19. The number of rotatable bonds is 7.